The highest BCUT2D eigenvalue weighted by Gasteiger charge is 2.18. The molecule has 74 valence electrons. The van der Waals surface area contributed by atoms with Crippen LogP contribution in [-0.4, -0.2) is 21.4 Å². The molecule has 0 spiro atoms. The van der Waals surface area contributed by atoms with Crippen LogP contribution in [0.3, 0.4) is 0 Å². The van der Waals surface area contributed by atoms with Crippen LogP contribution in [0.1, 0.15) is 11.7 Å². The fraction of sp³-hybridized carbons (Fsp3) is 0.222. The van der Waals surface area contributed by atoms with Crippen LogP contribution in [0.25, 0.3) is 0 Å². The minimum atomic E-state index is -1.52. The Hall–Kier alpha value is -1.28. The number of rotatable bonds is 2. The third-order valence-electron chi connectivity index (χ3n) is 1.74. The van der Waals surface area contributed by atoms with E-state index in [0.29, 0.717) is 0 Å². The van der Waals surface area contributed by atoms with E-state index in [0.717, 1.165) is 0 Å². The number of phenols is 1. The molecule has 2 atom stereocenters. The van der Waals surface area contributed by atoms with Crippen LogP contribution in [-0.2, 0) is 0 Å². The molecule has 0 heterocycles. The lowest BCUT2D eigenvalue weighted by Gasteiger charge is -2.12. The number of hydrogen-bond donors (Lipinski definition) is 3. The molecule has 0 aliphatic heterocycles. The fourth-order valence-corrected chi connectivity index (χ4v) is 1.08. The van der Waals surface area contributed by atoms with Gasteiger partial charge in [0, 0.05) is 0 Å². The minimum absolute atomic E-state index is 0.146. The van der Waals surface area contributed by atoms with Gasteiger partial charge in [-0.05, 0) is 17.7 Å². The average molecular weight is 214 g/mol. The van der Waals surface area contributed by atoms with E-state index in [1.807, 2.05) is 0 Å². The number of phenolic OH excluding ortho intramolecular Hbond substituents is 1. The van der Waals surface area contributed by atoms with Crippen molar-refractivity contribution in [1.29, 1.82) is 5.26 Å². The number of benzene rings is 1. The standard InChI is InChI=1S/C9H8ClNO3/c10-6-2-1-5(3-7(6)12)9(14)8(13)4-11/h1-3,8-9,12-14H. The van der Waals surface area contributed by atoms with Crippen molar-refractivity contribution in [2.45, 2.75) is 12.2 Å². The summed E-state index contributed by atoms with van der Waals surface area (Å²) in [5, 5.41) is 36.1. The predicted molar refractivity (Wildman–Crippen MR) is 49.7 cm³/mol. The lowest BCUT2D eigenvalue weighted by Crippen LogP contribution is -2.15. The van der Waals surface area contributed by atoms with Crippen molar-refractivity contribution in [3.05, 3.63) is 28.8 Å². The van der Waals surface area contributed by atoms with E-state index in [1.54, 1.807) is 0 Å². The Morgan fingerprint density at radius 2 is 2.00 bits per heavy atom. The number of nitrogens with zero attached hydrogens (tertiary/aromatic N) is 1. The molecule has 3 N–H and O–H groups in total. The first kappa shape index (κ1) is 10.8. The summed E-state index contributed by atoms with van der Waals surface area (Å²) in [6, 6.07) is 5.49. The first-order valence-electron chi connectivity index (χ1n) is 3.80. The number of nitriles is 1. The van der Waals surface area contributed by atoms with E-state index in [2.05, 4.69) is 0 Å². The van der Waals surface area contributed by atoms with Crippen LogP contribution in [0.2, 0.25) is 5.02 Å². The van der Waals surface area contributed by atoms with E-state index in [9.17, 15) is 10.2 Å². The van der Waals surface area contributed by atoms with Crippen LogP contribution in [0.4, 0.5) is 0 Å². The molecular formula is C9H8ClNO3. The Balaban J connectivity index is 2.98. The molecule has 0 bridgehead atoms. The first-order chi connectivity index (χ1) is 6.56. The molecule has 0 fully saturated rings. The molecule has 0 aliphatic carbocycles. The monoisotopic (exact) mass is 213 g/mol. The molecule has 0 saturated carbocycles. The summed E-state index contributed by atoms with van der Waals surface area (Å²) in [6.45, 7) is 0. The first-order valence-corrected chi connectivity index (χ1v) is 4.18. The Kier molecular flexibility index (Phi) is 3.31. The molecule has 5 heteroatoms. The van der Waals surface area contributed by atoms with Gasteiger partial charge in [-0.3, -0.25) is 0 Å². The quantitative estimate of drug-likeness (QED) is 0.639. The minimum Gasteiger partial charge on any atom is -0.506 e. The largest absolute Gasteiger partial charge is 0.506 e. The zero-order chi connectivity index (χ0) is 10.7. The molecule has 4 nitrogen and oxygen atoms in total. The number of halogens is 1. The second-order valence-electron chi connectivity index (χ2n) is 2.73. The van der Waals surface area contributed by atoms with E-state index < -0.39 is 12.2 Å². The number of aliphatic hydroxyl groups is 2. The van der Waals surface area contributed by atoms with Crippen molar-refractivity contribution in [2.75, 3.05) is 0 Å². The van der Waals surface area contributed by atoms with Crippen molar-refractivity contribution in [2.24, 2.45) is 0 Å². The maximum absolute atomic E-state index is 9.38. The summed E-state index contributed by atoms with van der Waals surface area (Å²) in [7, 11) is 0. The molecule has 1 rings (SSSR count). The summed E-state index contributed by atoms with van der Waals surface area (Å²) in [5.74, 6) is -0.201. The zero-order valence-electron chi connectivity index (χ0n) is 7.05. The van der Waals surface area contributed by atoms with Crippen molar-refractivity contribution >= 4 is 11.6 Å². The third kappa shape index (κ3) is 2.15. The third-order valence-corrected chi connectivity index (χ3v) is 2.06. The van der Waals surface area contributed by atoms with E-state index in [-0.39, 0.29) is 16.3 Å². The summed E-state index contributed by atoms with van der Waals surface area (Å²) >= 11 is 5.54. The van der Waals surface area contributed by atoms with Crippen molar-refractivity contribution in [1.82, 2.24) is 0 Å². The summed E-state index contributed by atoms with van der Waals surface area (Å²) in [6.07, 6.45) is -2.86. The summed E-state index contributed by atoms with van der Waals surface area (Å²) < 4.78 is 0. The van der Waals surface area contributed by atoms with Gasteiger partial charge < -0.3 is 15.3 Å². The lowest BCUT2D eigenvalue weighted by molar-refractivity contribution is 0.0526. The number of aromatic hydroxyl groups is 1. The van der Waals surface area contributed by atoms with Crippen LogP contribution < -0.4 is 0 Å². The van der Waals surface area contributed by atoms with Crippen LogP contribution in [0.5, 0.6) is 5.75 Å². The molecule has 0 aliphatic rings. The van der Waals surface area contributed by atoms with Crippen LogP contribution in [0, 0.1) is 11.3 Å². The van der Waals surface area contributed by atoms with Gasteiger partial charge in [0.15, 0.2) is 6.10 Å². The zero-order valence-corrected chi connectivity index (χ0v) is 7.81. The maximum Gasteiger partial charge on any atom is 0.170 e. The second kappa shape index (κ2) is 4.29. The molecule has 14 heavy (non-hydrogen) atoms. The van der Waals surface area contributed by atoms with Gasteiger partial charge >= 0.3 is 0 Å². The molecule has 0 amide bonds. The molecule has 0 saturated heterocycles. The number of aliphatic hydroxyl groups excluding tert-OH is 2. The van der Waals surface area contributed by atoms with Crippen molar-refractivity contribution in [3.63, 3.8) is 0 Å². The van der Waals surface area contributed by atoms with E-state index in [4.69, 9.17) is 22.0 Å². The Morgan fingerprint density at radius 3 is 2.50 bits per heavy atom. The van der Waals surface area contributed by atoms with Gasteiger partial charge in [0.25, 0.3) is 0 Å². The highest BCUT2D eigenvalue weighted by Crippen LogP contribution is 2.27. The molecule has 0 aromatic heterocycles. The van der Waals surface area contributed by atoms with Crippen molar-refractivity contribution in [3.8, 4) is 11.8 Å². The van der Waals surface area contributed by atoms with Crippen molar-refractivity contribution < 1.29 is 15.3 Å². The van der Waals surface area contributed by atoms with E-state index in [1.165, 1.54) is 24.3 Å². The van der Waals surface area contributed by atoms with E-state index >= 15 is 0 Å². The van der Waals surface area contributed by atoms with Gasteiger partial charge in [0.2, 0.25) is 0 Å². The van der Waals surface area contributed by atoms with Gasteiger partial charge in [0.1, 0.15) is 11.9 Å². The maximum atomic E-state index is 9.38. The highest BCUT2D eigenvalue weighted by molar-refractivity contribution is 6.32. The van der Waals surface area contributed by atoms with Gasteiger partial charge in [-0.25, -0.2) is 0 Å². The average Bonchev–Trinajstić information content (AvgIpc) is 2.20. The lowest BCUT2D eigenvalue weighted by atomic mass is 10.1. The molecular weight excluding hydrogens is 206 g/mol. The van der Waals surface area contributed by atoms with Gasteiger partial charge in [0.05, 0.1) is 11.1 Å². The SMILES string of the molecule is N#CC(O)C(O)c1ccc(Cl)c(O)c1. The smallest absolute Gasteiger partial charge is 0.170 e. The molecule has 2 unspecified atom stereocenters. The predicted octanol–water partition coefficient (Wildman–Crippen LogP) is 0.963. The fourth-order valence-electron chi connectivity index (χ4n) is 0.967. The van der Waals surface area contributed by atoms with Crippen LogP contribution >= 0.6 is 11.6 Å². The Bertz CT molecular complexity index is 375. The Labute approximate surface area is 85.6 Å². The summed E-state index contributed by atoms with van der Waals surface area (Å²) in [4.78, 5) is 0. The Morgan fingerprint density at radius 1 is 1.36 bits per heavy atom. The topological polar surface area (TPSA) is 84.5 Å². The number of hydrogen-bond acceptors (Lipinski definition) is 4. The second-order valence-corrected chi connectivity index (χ2v) is 3.14. The highest BCUT2D eigenvalue weighted by atomic mass is 35.5. The van der Waals surface area contributed by atoms with Gasteiger partial charge in [-0.1, -0.05) is 17.7 Å². The molecule has 0 radical (unpaired) electrons. The molecule has 1 aromatic rings. The van der Waals surface area contributed by atoms with Gasteiger partial charge in [-0.15, -0.1) is 0 Å². The van der Waals surface area contributed by atoms with Crippen LogP contribution in [0.15, 0.2) is 18.2 Å². The normalized spacial score (nSPS) is 14.4. The molecule has 1 aromatic carbocycles. The van der Waals surface area contributed by atoms with Gasteiger partial charge in [-0.2, -0.15) is 5.26 Å². The summed E-state index contributed by atoms with van der Waals surface area (Å²) in [5.41, 5.74) is 0.237.